The van der Waals surface area contributed by atoms with E-state index in [9.17, 15) is 4.79 Å². The molecule has 0 aliphatic heterocycles. The molecule has 1 aliphatic rings. The van der Waals surface area contributed by atoms with Crippen LogP contribution in [0.5, 0.6) is 0 Å². The molecule has 0 aromatic heterocycles. The number of ketones is 1. The predicted molar refractivity (Wildman–Crippen MR) is 61.8 cm³/mol. The molecule has 0 bridgehead atoms. The smallest absolute Gasteiger partial charge is 0.184 e. The van der Waals surface area contributed by atoms with E-state index in [-0.39, 0.29) is 10.9 Å². The van der Waals surface area contributed by atoms with Gasteiger partial charge in [-0.25, -0.2) is 0 Å². The molecule has 2 rings (SSSR count). The second-order valence-corrected chi connectivity index (χ2v) is 3.62. The fourth-order valence-corrected chi connectivity index (χ4v) is 1.59. The van der Waals surface area contributed by atoms with E-state index < -0.39 is 0 Å². The van der Waals surface area contributed by atoms with Crippen molar-refractivity contribution in [3.8, 4) is 0 Å². The fourth-order valence-electron chi connectivity index (χ4n) is 1.54. The highest BCUT2D eigenvalue weighted by Crippen LogP contribution is 2.21. The summed E-state index contributed by atoms with van der Waals surface area (Å²) in [5, 5.41) is 4.09. The fraction of sp³-hybridized carbons (Fsp3) is 0.100. The van der Waals surface area contributed by atoms with Crippen molar-refractivity contribution in [1.29, 1.82) is 0 Å². The summed E-state index contributed by atoms with van der Waals surface area (Å²) in [6.45, 7) is 0. The first kappa shape index (κ1) is 9.79. The van der Waals surface area contributed by atoms with E-state index in [4.69, 9.17) is 5.73 Å². The van der Waals surface area contributed by atoms with Gasteiger partial charge in [0.15, 0.2) is 10.9 Å². The van der Waals surface area contributed by atoms with Crippen molar-refractivity contribution in [1.82, 2.24) is 5.43 Å². The van der Waals surface area contributed by atoms with Gasteiger partial charge in [-0.2, -0.15) is 5.10 Å². The van der Waals surface area contributed by atoms with Crippen molar-refractivity contribution in [2.24, 2.45) is 10.8 Å². The van der Waals surface area contributed by atoms with Crippen LogP contribution in [-0.4, -0.2) is 16.6 Å². The number of hydrogen-bond acceptors (Lipinski definition) is 3. The maximum atomic E-state index is 11.5. The van der Waals surface area contributed by atoms with E-state index in [0.29, 0.717) is 17.7 Å². The van der Waals surface area contributed by atoms with Crippen LogP contribution in [0.4, 0.5) is 0 Å². The third-order valence-corrected chi connectivity index (χ3v) is 2.26. The minimum Gasteiger partial charge on any atom is -0.375 e. The van der Waals surface area contributed by atoms with Gasteiger partial charge in [0.1, 0.15) is 0 Å². The molecule has 76 valence electrons. The molecule has 5 heteroatoms. The number of fused-ring (bicyclic) bond motifs is 1. The normalized spacial score (nSPS) is 16.5. The van der Waals surface area contributed by atoms with Gasteiger partial charge in [-0.1, -0.05) is 24.3 Å². The summed E-state index contributed by atoms with van der Waals surface area (Å²) in [5.41, 5.74) is 9.99. The number of nitrogens with one attached hydrogen (secondary N) is 1. The molecule has 15 heavy (non-hydrogen) atoms. The zero-order valence-corrected chi connectivity index (χ0v) is 8.67. The van der Waals surface area contributed by atoms with Gasteiger partial charge in [0, 0.05) is 11.1 Å². The SMILES string of the molecule is NC(=S)N/N=C1/CC(=O)c2ccccc21. The number of nitrogens with zero attached hydrogens (tertiary/aromatic N) is 1. The number of hydrazone groups is 1. The third-order valence-electron chi connectivity index (χ3n) is 2.17. The van der Waals surface area contributed by atoms with Crippen LogP contribution < -0.4 is 11.2 Å². The first-order chi connectivity index (χ1) is 7.18. The van der Waals surface area contributed by atoms with Gasteiger partial charge in [-0.05, 0) is 12.2 Å². The second-order valence-electron chi connectivity index (χ2n) is 3.18. The van der Waals surface area contributed by atoms with Gasteiger partial charge in [-0.3, -0.25) is 10.2 Å². The molecular weight excluding hydrogens is 210 g/mol. The van der Waals surface area contributed by atoms with Crippen molar-refractivity contribution < 1.29 is 4.79 Å². The molecule has 0 radical (unpaired) electrons. The van der Waals surface area contributed by atoms with Crippen LogP contribution in [0, 0.1) is 0 Å². The minimum atomic E-state index is 0.0779. The standard InChI is InChI=1S/C10H9N3OS/c11-10(15)13-12-8-5-9(14)7-4-2-1-3-6(7)8/h1-4H,5H2,(H3,11,13,15)/b12-8-. The average Bonchev–Trinajstić information content (AvgIpc) is 2.54. The van der Waals surface area contributed by atoms with Crippen molar-refractivity contribution in [3.05, 3.63) is 35.4 Å². The highest BCUT2D eigenvalue weighted by molar-refractivity contribution is 7.80. The molecule has 1 aliphatic carbocycles. The van der Waals surface area contributed by atoms with Crippen molar-refractivity contribution in [2.45, 2.75) is 6.42 Å². The van der Waals surface area contributed by atoms with Crippen LogP contribution in [0.2, 0.25) is 0 Å². The summed E-state index contributed by atoms with van der Waals surface area (Å²) in [5.74, 6) is 0.0779. The third kappa shape index (κ3) is 1.87. The Morgan fingerprint density at radius 2 is 2.07 bits per heavy atom. The zero-order chi connectivity index (χ0) is 10.8. The molecule has 0 fully saturated rings. The van der Waals surface area contributed by atoms with E-state index in [1.807, 2.05) is 18.2 Å². The lowest BCUT2D eigenvalue weighted by Gasteiger charge is -1.99. The minimum absolute atomic E-state index is 0.0779. The Hall–Kier alpha value is -1.75. The number of rotatable bonds is 1. The number of nitrogens with two attached hydrogens (primary N) is 1. The first-order valence-corrected chi connectivity index (χ1v) is 4.84. The van der Waals surface area contributed by atoms with E-state index in [1.54, 1.807) is 6.07 Å². The number of hydrogen-bond donors (Lipinski definition) is 2. The molecule has 0 saturated carbocycles. The number of Topliss-reactive ketones (excluding diaryl/α,β-unsaturated/α-hetero) is 1. The van der Waals surface area contributed by atoms with Gasteiger partial charge in [-0.15, -0.1) is 0 Å². The predicted octanol–water partition coefficient (Wildman–Crippen LogP) is 0.810. The molecular formula is C10H9N3OS. The van der Waals surface area contributed by atoms with E-state index in [2.05, 4.69) is 22.7 Å². The Morgan fingerprint density at radius 1 is 1.40 bits per heavy atom. The highest BCUT2D eigenvalue weighted by Gasteiger charge is 2.24. The molecule has 0 unspecified atom stereocenters. The molecule has 1 aromatic carbocycles. The number of benzene rings is 1. The van der Waals surface area contributed by atoms with Crippen LogP contribution in [0.15, 0.2) is 29.4 Å². The summed E-state index contributed by atoms with van der Waals surface area (Å²) >= 11 is 4.63. The lowest BCUT2D eigenvalue weighted by Crippen LogP contribution is -2.25. The van der Waals surface area contributed by atoms with Crippen LogP contribution in [0.1, 0.15) is 22.3 Å². The molecule has 0 amide bonds. The topological polar surface area (TPSA) is 67.5 Å². The highest BCUT2D eigenvalue weighted by atomic mass is 32.1. The summed E-state index contributed by atoms with van der Waals surface area (Å²) in [6, 6.07) is 7.36. The Morgan fingerprint density at radius 3 is 2.73 bits per heavy atom. The number of carbonyl (C=O) groups excluding carboxylic acids is 1. The summed E-state index contributed by atoms with van der Waals surface area (Å²) < 4.78 is 0. The Kier molecular flexibility index (Phi) is 2.47. The van der Waals surface area contributed by atoms with Crippen LogP contribution in [0.25, 0.3) is 0 Å². The van der Waals surface area contributed by atoms with Gasteiger partial charge in [0.25, 0.3) is 0 Å². The molecule has 1 aromatic rings. The van der Waals surface area contributed by atoms with E-state index in [1.165, 1.54) is 0 Å². The van der Waals surface area contributed by atoms with Gasteiger partial charge >= 0.3 is 0 Å². The molecule has 0 heterocycles. The Labute approximate surface area is 92.2 Å². The lowest BCUT2D eigenvalue weighted by molar-refractivity contribution is 0.101. The Bertz CT molecular complexity index is 467. The first-order valence-electron chi connectivity index (χ1n) is 4.43. The maximum absolute atomic E-state index is 11.5. The van der Waals surface area contributed by atoms with Crippen LogP contribution in [0.3, 0.4) is 0 Å². The molecule has 0 saturated heterocycles. The van der Waals surface area contributed by atoms with Crippen LogP contribution in [-0.2, 0) is 0 Å². The monoisotopic (exact) mass is 219 g/mol. The Balaban J connectivity index is 2.36. The summed E-state index contributed by atoms with van der Waals surface area (Å²) in [6.07, 6.45) is 0.301. The van der Waals surface area contributed by atoms with E-state index in [0.717, 1.165) is 5.56 Å². The second kappa shape index (κ2) is 3.78. The number of carbonyl (C=O) groups is 1. The van der Waals surface area contributed by atoms with E-state index >= 15 is 0 Å². The van der Waals surface area contributed by atoms with Crippen molar-refractivity contribution in [2.75, 3.05) is 0 Å². The summed E-state index contributed by atoms with van der Waals surface area (Å²) in [7, 11) is 0. The number of thiocarbonyl (C=S) groups is 1. The average molecular weight is 219 g/mol. The van der Waals surface area contributed by atoms with Gasteiger partial charge in [0.2, 0.25) is 0 Å². The lowest BCUT2D eigenvalue weighted by atomic mass is 10.1. The van der Waals surface area contributed by atoms with Crippen molar-refractivity contribution in [3.63, 3.8) is 0 Å². The molecule has 3 N–H and O–H groups in total. The van der Waals surface area contributed by atoms with Crippen molar-refractivity contribution >= 4 is 28.8 Å². The molecule has 0 atom stereocenters. The summed E-state index contributed by atoms with van der Waals surface area (Å²) in [4.78, 5) is 11.5. The van der Waals surface area contributed by atoms with Crippen LogP contribution >= 0.6 is 12.2 Å². The quantitative estimate of drug-likeness (QED) is 0.542. The zero-order valence-electron chi connectivity index (χ0n) is 7.86. The maximum Gasteiger partial charge on any atom is 0.184 e. The largest absolute Gasteiger partial charge is 0.375 e. The molecule has 0 spiro atoms. The van der Waals surface area contributed by atoms with Gasteiger partial charge in [0.05, 0.1) is 12.1 Å². The molecule has 4 nitrogen and oxygen atoms in total. The van der Waals surface area contributed by atoms with Gasteiger partial charge < -0.3 is 5.73 Å².